The number of imidazole rings is 1. The molecule has 0 atom stereocenters. The zero-order valence-electron chi connectivity index (χ0n) is 9.45. The fourth-order valence-corrected chi connectivity index (χ4v) is 1.74. The lowest BCUT2D eigenvalue weighted by Gasteiger charge is -2.03. The number of pyridine rings is 1. The van der Waals surface area contributed by atoms with Crippen molar-refractivity contribution in [1.29, 1.82) is 0 Å². The molecule has 18 heavy (non-hydrogen) atoms. The van der Waals surface area contributed by atoms with Crippen molar-refractivity contribution in [1.82, 2.24) is 9.38 Å². The molecule has 0 radical (unpaired) electrons. The van der Waals surface area contributed by atoms with E-state index in [-0.39, 0.29) is 23.5 Å². The van der Waals surface area contributed by atoms with Gasteiger partial charge in [0.1, 0.15) is 23.5 Å². The Hall–Kier alpha value is -2.57. The molecule has 0 saturated heterocycles. The summed E-state index contributed by atoms with van der Waals surface area (Å²) in [6, 6.07) is 3.22. The summed E-state index contributed by atoms with van der Waals surface area (Å²) < 4.78 is 6.48. The number of carboxylic acids is 2. The minimum absolute atomic E-state index is 0.147. The molecule has 0 aliphatic heterocycles. The van der Waals surface area contributed by atoms with Gasteiger partial charge in [0.05, 0.1) is 7.11 Å². The topological polar surface area (TPSA) is 101 Å². The number of aromatic carboxylic acids is 1. The Morgan fingerprint density at radius 3 is 2.72 bits per heavy atom. The number of methoxy groups -OCH3 is 1. The number of aromatic nitrogens is 2. The lowest BCUT2D eigenvalue weighted by Crippen LogP contribution is -2.04. The van der Waals surface area contributed by atoms with Gasteiger partial charge in [0.2, 0.25) is 0 Å². The predicted molar refractivity (Wildman–Crippen MR) is 60.0 cm³/mol. The smallest absolute Gasteiger partial charge is 0.356 e. The van der Waals surface area contributed by atoms with E-state index in [1.54, 1.807) is 18.3 Å². The van der Waals surface area contributed by atoms with E-state index < -0.39 is 11.9 Å². The van der Waals surface area contributed by atoms with Gasteiger partial charge in [0, 0.05) is 6.20 Å². The summed E-state index contributed by atoms with van der Waals surface area (Å²) in [5.74, 6) is -1.83. The Labute approximate surface area is 101 Å². The molecule has 0 aromatic carbocycles. The third-order valence-electron chi connectivity index (χ3n) is 2.43. The fraction of sp³-hybridized carbons (Fsp3) is 0.182. The van der Waals surface area contributed by atoms with Gasteiger partial charge >= 0.3 is 11.9 Å². The van der Waals surface area contributed by atoms with Gasteiger partial charge < -0.3 is 14.9 Å². The van der Waals surface area contributed by atoms with E-state index >= 15 is 0 Å². The molecule has 0 spiro atoms. The average molecular weight is 250 g/mol. The van der Waals surface area contributed by atoms with Gasteiger partial charge in [0.25, 0.3) is 0 Å². The Balaban J connectivity index is 2.75. The first-order valence-electron chi connectivity index (χ1n) is 5.03. The van der Waals surface area contributed by atoms with Crippen molar-refractivity contribution in [3.8, 4) is 5.75 Å². The third-order valence-corrected chi connectivity index (χ3v) is 2.43. The van der Waals surface area contributed by atoms with Crippen molar-refractivity contribution in [3.63, 3.8) is 0 Å². The van der Waals surface area contributed by atoms with Gasteiger partial charge in [-0.15, -0.1) is 0 Å². The second-order valence-corrected chi connectivity index (χ2v) is 3.55. The number of nitrogens with zero attached hydrogens (tertiary/aromatic N) is 2. The van der Waals surface area contributed by atoms with Crippen LogP contribution in [0.15, 0.2) is 18.3 Å². The molecule has 7 nitrogen and oxygen atoms in total. The molecule has 0 bridgehead atoms. The zero-order chi connectivity index (χ0) is 13.3. The Morgan fingerprint density at radius 2 is 2.17 bits per heavy atom. The van der Waals surface area contributed by atoms with Crippen LogP contribution in [0, 0.1) is 0 Å². The molecular formula is C11H10N2O5. The molecule has 2 aromatic heterocycles. The van der Waals surface area contributed by atoms with Gasteiger partial charge in [0.15, 0.2) is 5.69 Å². The number of carbonyl (C=O) groups is 2. The van der Waals surface area contributed by atoms with Crippen LogP contribution in [0.25, 0.3) is 5.52 Å². The van der Waals surface area contributed by atoms with E-state index in [4.69, 9.17) is 14.9 Å². The summed E-state index contributed by atoms with van der Waals surface area (Å²) in [5, 5.41) is 17.8. The van der Waals surface area contributed by atoms with Crippen LogP contribution in [-0.4, -0.2) is 38.6 Å². The first-order chi connectivity index (χ1) is 8.54. The molecule has 0 amide bonds. The number of ether oxygens (including phenoxy) is 1. The molecule has 0 saturated carbocycles. The van der Waals surface area contributed by atoms with E-state index in [0.29, 0.717) is 5.75 Å². The second kappa shape index (κ2) is 4.36. The van der Waals surface area contributed by atoms with E-state index in [2.05, 4.69) is 4.98 Å². The monoisotopic (exact) mass is 250 g/mol. The Bertz CT molecular complexity index is 632. The molecular weight excluding hydrogens is 240 g/mol. The lowest BCUT2D eigenvalue weighted by molar-refractivity contribution is -0.136. The number of carboxylic acid groups (broad SMARTS) is 2. The normalized spacial score (nSPS) is 10.5. The van der Waals surface area contributed by atoms with Gasteiger partial charge in [-0.25, -0.2) is 9.78 Å². The van der Waals surface area contributed by atoms with Gasteiger partial charge in [-0.3, -0.25) is 9.20 Å². The Kier molecular flexibility index (Phi) is 2.88. The first-order valence-corrected chi connectivity index (χ1v) is 5.03. The van der Waals surface area contributed by atoms with Crippen molar-refractivity contribution in [2.75, 3.05) is 7.11 Å². The van der Waals surface area contributed by atoms with Gasteiger partial charge in [-0.1, -0.05) is 0 Å². The van der Waals surface area contributed by atoms with Crippen LogP contribution in [0.4, 0.5) is 0 Å². The summed E-state index contributed by atoms with van der Waals surface area (Å²) in [6.07, 6.45) is 1.19. The fourth-order valence-electron chi connectivity index (χ4n) is 1.74. The molecule has 2 rings (SSSR count). The number of hydrogen-bond acceptors (Lipinski definition) is 4. The largest absolute Gasteiger partial charge is 0.494 e. The number of rotatable bonds is 4. The van der Waals surface area contributed by atoms with E-state index in [1.807, 2.05) is 0 Å². The maximum atomic E-state index is 11.1. The van der Waals surface area contributed by atoms with Crippen LogP contribution in [0.1, 0.15) is 16.3 Å². The van der Waals surface area contributed by atoms with Crippen molar-refractivity contribution in [2.24, 2.45) is 0 Å². The van der Waals surface area contributed by atoms with Crippen LogP contribution in [-0.2, 0) is 11.2 Å². The highest BCUT2D eigenvalue weighted by Crippen LogP contribution is 2.24. The maximum absolute atomic E-state index is 11.1. The van der Waals surface area contributed by atoms with Crippen LogP contribution in [0.2, 0.25) is 0 Å². The molecule has 0 unspecified atom stereocenters. The summed E-state index contributed by atoms with van der Waals surface area (Å²) in [7, 11) is 1.41. The van der Waals surface area contributed by atoms with Crippen molar-refractivity contribution in [3.05, 3.63) is 29.8 Å². The van der Waals surface area contributed by atoms with Crippen LogP contribution in [0.5, 0.6) is 5.75 Å². The minimum Gasteiger partial charge on any atom is -0.494 e. The first kappa shape index (κ1) is 11.9. The van der Waals surface area contributed by atoms with Crippen molar-refractivity contribution in [2.45, 2.75) is 6.42 Å². The average Bonchev–Trinajstić information content (AvgIpc) is 2.67. The highest BCUT2D eigenvalue weighted by Gasteiger charge is 2.21. The maximum Gasteiger partial charge on any atom is 0.356 e. The predicted octanol–water partition coefficient (Wildman–Crippen LogP) is 0.668. The van der Waals surface area contributed by atoms with E-state index in [9.17, 15) is 9.59 Å². The second-order valence-electron chi connectivity index (χ2n) is 3.55. The van der Waals surface area contributed by atoms with Gasteiger partial charge in [-0.05, 0) is 12.1 Å². The lowest BCUT2D eigenvalue weighted by atomic mass is 10.3. The summed E-state index contributed by atoms with van der Waals surface area (Å²) >= 11 is 0. The zero-order valence-corrected chi connectivity index (χ0v) is 9.45. The van der Waals surface area contributed by atoms with Gasteiger partial charge in [-0.2, -0.15) is 0 Å². The molecule has 2 aromatic rings. The Morgan fingerprint density at radius 1 is 1.44 bits per heavy atom. The molecule has 2 N–H and O–H groups in total. The number of aliphatic carboxylic acids is 1. The highest BCUT2D eigenvalue weighted by atomic mass is 16.5. The van der Waals surface area contributed by atoms with E-state index in [1.165, 1.54) is 11.5 Å². The summed E-state index contributed by atoms with van der Waals surface area (Å²) in [4.78, 5) is 25.7. The SMILES string of the molecule is COc1cccn2c(CC(=O)O)nc(C(=O)O)c12. The summed E-state index contributed by atoms with van der Waals surface area (Å²) in [5.41, 5.74) is 0.0347. The third kappa shape index (κ3) is 1.86. The van der Waals surface area contributed by atoms with Crippen LogP contribution < -0.4 is 4.74 Å². The van der Waals surface area contributed by atoms with E-state index in [0.717, 1.165) is 0 Å². The molecule has 7 heteroatoms. The summed E-state index contributed by atoms with van der Waals surface area (Å²) in [6.45, 7) is 0. The van der Waals surface area contributed by atoms with Crippen LogP contribution in [0.3, 0.4) is 0 Å². The number of hydrogen-bond donors (Lipinski definition) is 2. The minimum atomic E-state index is -1.23. The standard InChI is InChI=1S/C11H10N2O5/c1-18-6-3-2-4-13-7(5-8(14)15)12-9(10(6)13)11(16)17/h2-4H,5H2,1H3,(H,14,15)(H,16,17). The van der Waals surface area contributed by atoms with Crippen LogP contribution >= 0.6 is 0 Å². The van der Waals surface area contributed by atoms with Crippen molar-refractivity contribution < 1.29 is 24.5 Å². The molecule has 94 valence electrons. The van der Waals surface area contributed by atoms with Crippen molar-refractivity contribution >= 4 is 17.5 Å². The molecule has 0 aliphatic rings. The highest BCUT2D eigenvalue weighted by molar-refractivity contribution is 5.96. The molecule has 0 aliphatic carbocycles. The molecule has 2 heterocycles. The molecule has 0 fully saturated rings. The quantitative estimate of drug-likeness (QED) is 0.826. The number of fused-ring (bicyclic) bond motifs is 1.